The van der Waals surface area contributed by atoms with E-state index in [1.54, 1.807) is 6.92 Å². The molecule has 146 valence electrons. The number of H-pyrrole nitrogens is 1. The number of aromatic amines is 1. The predicted molar refractivity (Wildman–Crippen MR) is 105 cm³/mol. The fourth-order valence-electron chi connectivity index (χ4n) is 3.65. The maximum atomic E-state index is 12.6. The van der Waals surface area contributed by atoms with Crippen molar-refractivity contribution in [2.24, 2.45) is 0 Å². The van der Waals surface area contributed by atoms with Crippen LogP contribution >= 0.6 is 0 Å². The van der Waals surface area contributed by atoms with Gasteiger partial charge in [-0.3, -0.25) is 4.79 Å². The van der Waals surface area contributed by atoms with E-state index in [0.717, 1.165) is 35.3 Å². The number of aromatic nitrogens is 2. The van der Waals surface area contributed by atoms with Crippen molar-refractivity contribution >= 4 is 16.9 Å². The van der Waals surface area contributed by atoms with Crippen LogP contribution in [0.3, 0.4) is 0 Å². The zero-order valence-corrected chi connectivity index (χ0v) is 16.0. The van der Waals surface area contributed by atoms with Crippen LogP contribution in [-0.2, 0) is 11.3 Å². The van der Waals surface area contributed by atoms with Gasteiger partial charge in [-0.15, -0.1) is 0 Å². The third-order valence-corrected chi connectivity index (χ3v) is 5.14. The zero-order valence-electron chi connectivity index (χ0n) is 16.0. The summed E-state index contributed by atoms with van der Waals surface area (Å²) in [7, 11) is 0. The number of carbonyl (C=O) groups is 1. The first-order valence-electron chi connectivity index (χ1n) is 9.47. The molecule has 0 spiro atoms. The molecule has 0 atom stereocenters. The summed E-state index contributed by atoms with van der Waals surface area (Å²) in [6.45, 7) is 5.31. The summed E-state index contributed by atoms with van der Waals surface area (Å²) >= 11 is 0. The summed E-state index contributed by atoms with van der Waals surface area (Å²) < 4.78 is 10.8. The Hall–Kier alpha value is -2.93. The molecule has 1 aliphatic heterocycles. The van der Waals surface area contributed by atoms with Gasteiger partial charge in [-0.25, -0.2) is 9.78 Å². The van der Waals surface area contributed by atoms with Gasteiger partial charge >= 0.3 is 5.63 Å². The van der Waals surface area contributed by atoms with Crippen LogP contribution in [0, 0.1) is 13.8 Å². The van der Waals surface area contributed by atoms with Crippen molar-refractivity contribution in [3.05, 3.63) is 63.0 Å². The highest BCUT2D eigenvalue weighted by Gasteiger charge is 2.22. The highest BCUT2D eigenvalue weighted by atomic mass is 16.5. The van der Waals surface area contributed by atoms with E-state index in [-0.39, 0.29) is 11.5 Å². The van der Waals surface area contributed by atoms with Crippen molar-refractivity contribution in [1.82, 2.24) is 15.3 Å². The number of nitrogens with zero attached hydrogens (tertiary/aromatic N) is 1. The summed E-state index contributed by atoms with van der Waals surface area (Å²) in [5, 5.41) is 2.81. The molecule has 28 heavy (non-hydrogen) atoms. The van der Waals surface area contributed by atoms with Gasteiger partial charge < -0.3 is 19.5 Å². The van der Waals surface area contributed by atoms with Crippen LogP contribution in [0.1, 0.15) is 51.8 Å². The van der Waals surface area contributed by atoms with Crippen LogP contribution in [0.5, 0.6) is 0 Å². The number of nitrogens with one attached hydrogen (secondary N) is 2. The van der Waals surface area contributed by atoms with Crippen LogP contribution in [-0.4, -0.2) is 29.1 Å². The highest BCUT2D eigenvalue weighted by molar-refractivity contribution is 5.95. The summed E-state index contributed by atoms with van der Waals surface area (Å²) in [5.41, 5.74) is 2.83. The van der Waals surface area contributed by atoms with E-state index in [1.165, 1.54) is 0 Å². The van der Waals surface area contributed by atoms with Crippen molar-refractivity contribution in [3.8, 4) is 0 Å². The lowest BCUT2D eigenvalue weighted by Crippen LogP contribution is -2.29. The Morgan fingerprint density at radius 3 is 2.79 bits per heavy atom. The fraction of sp³-hybridized carbons (Fsp3) is 0.381. The average Bonchev–Trinajstić information content (AvgIpc) is 3.05. The fourth-order valence-corrected chi connectivity index (χ4v) is 3.65. The second-order valence-electron chi connectivity index (χ2n) is 7.24. The minimum absolute atomic E-state index is 0.0641. The number of hydrogen-bond donors (Lipinski definition) is 2. The third kappa shape index (κ3) is 3.71. The van der Waals surface area contributed by atoms with E-state index in [0.29, 0.717) is 31.1 Å². The molecule has 0 aliphatic carbocycles. The Kier molecular flexibility index (Phi) is 5.00. The van der Waals surface area contributed by atoms with Crippen LogP contribution in [0.25, 0.3) is 11.0 Å². The summed E-state index contributed by atoms with van der Waals surface area (Å²) in [6.07, 6.45) is 1.65. The molecule has 1 aliphatic rings. The number of rotatable bonds is 4. The summed E-state index contributed by atoms with van der Waals surface area (Å²) in [5.74, 6) is 1.23. The van der Waals surface area contributed by atoms with Gasteiger partial charge in [-0.1, -0.05) is 6.07 Å². The molecule has 0 unspecified atom stereocenters. The van der Waals surface area contributed by atoms with Crippen LogP contribution in [0.15, 0.2) is 33.5 Å². The van der Waals surface area contributed by atoms with Gasteiger partial charge in [0.15, 0.2) is 0 Å². The zero-order chi connectivity index (χ0) is 19.7. The van der Waals surface area contributed by atoms with Gasteiger partial charge in [-0.05, 0) is 56.0 Å². The van der Waals surface area contributed by atoms with Crippen molar-refractivity contribution in [1.29, 1.82) is 0 Å². The van der Waals surface area contributed by atoms with E-state index in [9.17, 15) is 9.59 Å². The molecule has 2 aromatic heterocycles. The molecule has 1 aromatic carbocycles. The lowest BCUT2D eigenvalue weighted by Gasteiger charge is -2.21. The number of fused-ring (bicyclic) bond motifs is 1. The number of amides is 1. The summed E-state index contributed by atoms with van der Waals surface area (Å²) in [4.78, 5) is 32.6. The topological polar surface area (TPSA) is 97.2 Å². The van der Waals surface area contributed by atoms with E-state index in [1.807, 2.05) is 31.2 Å². The molecular formula is C21H23N3O4. The minimum atomic E-state index is -0.585. The largest absolute Gasteiger partial charge is 0.427 e. The molecule has 4 rings (SSSR count). The van der Waals surface area contributed by atoms with E-state index in [4.69, 9.17) is 9.15 Å². The van der Waals surface area contributed by atoms with Crippen molar-refractivity contribution in [2.75, 3.05) is 13.2 Å². The standard InChI is InChI=1S/C21H23N3O4/c1-12-9-18(15-5-7-27-8-6-15)28-21(26)19(12)20(25)22-11-14-3-4-16-17(10-14)24-13(2)23-16/h3-4,9-10,15H,5-8,11H2,1-2H3,(H,22,25)(H,23,24). The first kappa shape index (κ1) is 18.4. The van der Waals surface area contributed by atoms with Gasteiger partial charge in [0.25, 0.3) is 5.91 Å². The molecular weight excluding hydrogens is 358 g/mol. The lowest BCUT2D eigenvalue weighted by molar-refractivity contribution is 0.0795. The summed E-state index contributed by atoms with van der Waals surface area (Å²) in [6, 6.07) is 7.57. The maximum Gasteiger partial charge on any atom is 0.349 e. The number of ether oxygens (including phenoxy) is 1. The van der Waals surface area contributed by atoms with Gasteiger partial charge in [0.05, 0.1) is 11.0 Å². The maximum absolute atomic E-state index is 12.6. The molecule has 3 heterocycles. The van der Waals surface area contributed by atoms with Crippen LogP contribution in [0.2, 0.25) is 0 Å². The average molecular weight is 381 g/mol. The normalized spacial score (nSPS) is 15.1. The molecule has 1 fully saturated rings. The Morgan fingerprint density at radius 1 is 1.25 bits per heavy atom. The van der Waals surface area contributed by atoms with Crippen LogP contribution < -0.4 is 10.9 Å². The molecule has 0 radical (unpaired) electrons. The molecule has 1 amide bonds. The SMILES string of the molecule is Cc1nc2ccc(CNC(=O)c3c(C)cc(C4CCOCC4)oc3=O)cc2[nH]1. The molecule has 1 saturated heterocycles. The second-order valence-corrected chi connectivity index (χ2v) is 7.24. The highest BCUT2D eigenvalue weighted by Crippen LogP contribution is 2.27. The molecule has 3 aromatic rings. The van der Waals surface area contributed by atoms with Gasteiger partial charge in [0.2, 0.25) is 0 Å². The third-order valence-electron chi connectivity index (χ3n) is 5.14. The first-order chi connectivity index (χ1) is 13.5. The van der Waals surface area contributed by atoms with Gasteiger partial charge in [0, 0.05) is 25.7 Å². The van der Waals surface area contributed by atoms with E-state index in [2.05, 4.69) is 15.3 Å². The van der Waals surface area contributed by atoms with Crippen molar-refractivity contribution in [2.45, 2.75) is 39.2 Å². The number of carbonyl (C=O) groups excluding carboxylic acids is 1. The van der Waals surface area contributed by atoms with Gasteiger partial charge in [-0.2, -0.15) is 0 Å². The molecule has 2 N–H and O–H groups in total. The van der Waals surface area contributed by atoms with Crippen molar-refractivity contribution < 1.29 is 13.9 Å². The lowest BCUT2D eigenvalue weighted by atomic mass is 9.95. The molecule has 7 heteroatoms. The van der Waals surface area contributed by atoms with E-state index < -0.39 is 11.5 Å². The Balaban J connectivity index is 1.49. The molecule has 0 bridgehead atoms. The van der Waals surface area contributed by atoms with Crippen LogP contribution in [0.4, 0.5) is 0 Å². The van der Waals surface area contributed by atoms with E-state index >= 15 is 0 Å². The number of hydrogen-bond acceptors (Lipinski definition) is 5. The Labute approximate surface area is 162 Å². The van der Waals surface area contributed by atoms with Crippen molar-refractivity contribution in [3.63, 3.8) is 0 Å². The number of benzene rings is 1. The molecule has 7 nitrogen and oxygen atoms in total. The predicted octanol–water partition coefficient (Wildman–Crippen LogP) is 2.96. The number of imidazole rings is 1. The van der Waals surface area contributed by atoms with Gasteiger partial charge in [0.1, 0.15) is 17.1 Å². The number of aryl methyl sites for hydroxylation is 2. The smallest absolute Gasteiger partial charge is 0.349 e. The minimum Gasteiger partial charge on any atom is -0.427 e. The quantitative estimate of drug-likeness (QED) is 0.724. The molecule has 0 saturated carbocycles. The Bertz CT molecular complexity index is 1080. The monoisotopic (exact) mass is 381 g/mol. The Morgan fingerprint density at radius 2 is 2.04 bits per heavy atom. The second kappa shape index (κ2) is 7.59. The first-order valence-corrected chi connectivity index (χ1v) is 9.47.